The molecular formula is C7H15Cl. The summed E-state index contributed by atoms with van der Waals surface area (Å²) in [5.74, 6) is 0. The van der Waals surface area contributed by atoms with Crippen molar-refractivity contribution in [3.63, 3.8) is 0 Å². The Balaban J connectivity index is 0. The number of unbranched alkanes of at least 4 members (excludes halogenated alkanes) is 2. The maximum atomic E-state index is 2.21. The quantitative estimate of drug-likeness (QED) is 0.411. The van der Waals surface area contributed by atoms with Crippen LogP contribution < -0.4 is 0 Å². The van der Waals surface area contributed by atoms with Crippen molar-refractivity contribution in [1.29, 1.82) is 0 Å². The molecule has 0 aromatic rings. The molecule has 0 saturated heterocycles. The lowest BCUT2D eigenvalue weighted by atomic mass is 10.2. The second kappa shape index (κ2) is 10.1. The van der Waals surface area contributed by atoms with E-state index in [1.54, 1.807) is 0 Å². The zero-order chi connectivity index (χ0) is 5.54. The first kappa shape index (κ1) is 10.9. The third-order valence-electron chi connectivity index (χ3n) is 0.960. The zero-order valence-corrected chi connectivity index (χ0v) is 6.50. The lowest BCUT2D eigenvalue weighted by Crippen LogP contribution is -1.63. The molecule has 0 aliphatic rings. The van der Waals surface area contributed by atoms with Crippen LogP contribution in [0.5, 0.6) is 0 Å². The van der Waals surface area contributed by atoms with Gasteiger partial charge in [0.05, 0.1) is 0 Å². The van der Waals surface area contributed by atoms with E-state index >= 15 is 0 Å². The van der Waals surface area contributed by atoms with Gasteiger partial charge in [-0.25, -0.2) is 0 Å². The summed E-state index contributed by atoms with van der Waals surface area (Å²) in [5, 5.41) is 0. The minimum Gasteiger partial charge on any atom is -0.147 e. The number of hydrogen-bond donors (Lipinski definition) is 0. The smallest absolute Gasteiger partial charge is 0.0351 e. The van der Waals surface area contributed by atoms with E-state index in [0.717, 1.165) is 0 Å². The standard InChI is InChI=1S/C7H14.ClH/c1-3-5-7-6-4-2;/h3,5H,4,6-7H2,1-2H3;1H/b5-3+;. The fourth-order valence-corrected chi connectivity index (χ4v) is 0.489. The third-order valence-corrected chi connectivity index (χ3v) is 0.960. The van der Waals surface area contributed by atoms with Gasteiger partial charge in [-0.3, -0.25) is 0 Å². The molecule has 0 aliphatic heterocycles. The van der Waals surface area contributed by atoms with E-state index in [1.807, 2.05) is 0 Å². The summed E-state index contributed by atoms with van der Waals surface area (Å²) in [7, 11) is 0. The van der Waals surface area contributed by atoms with Gasteiger partial charge in [-0.05, 0) is 13.3 Å². The van der Waals surface area contributed by atoms with Crippen LogP contribution >= 0.6 is 12.4 Å². The highest BCUT2D eigenvalue weighted by atomic mass is 35.5. The van der Waals surface area contributed by atoms with Gasteiger partial charge in [0.2, 0.25) is 0 Å². The Hall–Kier alpha value is 0.0300. The van der Waals surface area contributed by atoms with Gasteiger partial charge in [-0.2, -0.15) is 0 Å². The van der Waals surface area contributed by atoms with E-state index in [9.17, 15) is 0 Å². The van der Waals surface area contributed by atoms with Gasteiger partial charge in [-0.15, -0.1) is 12.4 Å². The highest BCUT2D eigenvalue weighted by Crippen LogP contribution is 1.93. The van der Waals surface area contributed by atoms with Crippen LogP contribution in [0, 0.1) is 0 Å². The predicted molar refractivity (Wildman–Crippen MR) is 41.6 cm³/mol. The topological polar surface area (TPSA) is 0 Å². The minimum atomic E-state index is 0. The van der Waals surface area contributed by atoms with E-state index in [4.69, 9.17) is 0 Å². The van der Waals surface area contributed by atoms with Crippen LogP contribution in [0.2, 0.25) is 0 Å². The Kier molecular flexibility index (Phi) is 13.8. The molecule has 0 atom stereocenters. The summed E-state index contributed by atoms with van der Waals surface area (Å²) >= 11 is 0. The van der Waals surface area contributed by atoms with Crippen LogP contribution in [0.1, 0.15) is 33.1 Å². The van der Waals surface area contributed by atoms with Crippen molar-refractivity contribution in [2.75, 3.05) is 0 Å². The highest BCUT2D eigenvalue weighted by Gasteiger charge is 1.73. The fraction of sp³-hybridized carbons (Fsp3) is 0.714. The first-order valence-corrected chi connectivity index (χ1v) is 3.03. The summed E-state index contributed by atoms with van der Waals surface area (Å²) in [6, 6.07) is 0. The van der Waals surface area contributed by atoms with Crippen molar-refractivity contribution in [2.24, 2.45) is 0 Å². The lowest BCUT2D eigenvalue weighted by Gasteiger charge is -1.83. The molecular weight excluding hydrogens is 120 g/mol. The molecule has 0 nitrogen and oxygen atoms in total. The van der Waals surface area contributed by atoms with Gasteiger partial charge >= 0.3 is 0 Å². The number of hydrogen-bond acceptors (Lipinski definition) is 0. The molecule has 0 heterocycles. The second-order valence-electron chi connectivity index (χ2n) is 1.71. The summed E-state index contributed by atoms with van der Waals surface area (Å²) in [6.45, 7) is 4.28. The van der Waals surface area contributed by atoms with Gasteiger partial charge in [0.1, 0.15) is 0 Å². The Bertz CT molecular complexity index is 48.3. The average Bonchev–Trinajstić information content (AvgIpc) is 1.69. The van der Waals surface area contributed by atoms with Crippen LogP contribution in [0.15, 0.2) is 12.2 Å². The molecule has 0 aliphatic carbocycles. The first-order valence-electron chi connectivity index (χ1n) is 3.03. The average molecular weight is 135 g/mol. The van der Waals surface area contributed by atoms with Gasteiger partial charge in [0, 0.05) is 0 Å². The molecule has 0 N–H and O–H groups in total. The first-order chi connectivity index (χ1) is 3.41. The molecule has 0 aromatic heterocycles. The van der Waals surface area contributed by atoms with E-state index in [1.165, 1.54) is 19.3 Å². The molecule has 0 rings (SSSR count). The number of allylic oxidation sites excluding steroid dienone is 2. The molecule has 0 spiro atoms. The molecule has 50 valence electrons. The van der Waals surface area contributed by atoms with Gasteiger partial charge in [-0.1, -0.05) is 31.9 Å². The van der Waals surface area contributed by atoms with Crippen molar-refractivity contribution in [1.82, 2.24) is 0 Å². The van der Waals surface area contributed by atoms with Crippen LogP contribution in [0.4, 0.5) is 0 Å². The van der Waals surface area contributed by atoms with Crippen LogP contribution in [-0.2, 0) is 0 Å². The van der Waals surface area contributed by atoms with Crippen molar-refractivity contribution in [3.8, 4) is 0 Å². The Morgan fingerprint density at radius 3 is 2.38 bits per heavy atom. The van der Waals surface area contributed by atoms with E-state index in [-0.39, 0.29) is 12.4 Å². The SMILES string of the molecule is C/C=C/CCCC.Cl. The maximum Gasteiger partial charge on any atom is -0.0351 e. The molecule has 0 fully saturated rings. The van der Waals surface area contributed by atoms with Crippen molar-refractivity contribution in [2.45, 2.75) is 33.1 Å². The van der Waals surface area contributed by atoms with Crippen LogP contribution in [0.25, 0.3) is 0 Å². The van der Waals surface area contributed by atoms with Crippen molar-refractivity contribution in [3.05, 3.63) is 12.2 Å². The summed E-state index contributed by atoms with van der Waals surface area (Å²) < 4.78 is 0. The molecule has 0 bridgehead atoms. The van der Waals surface area contributed by atoms with E-state index in [0.29, 0.717) is 0 Å². The van der Waals surface area contributed by atoms with Crippen molar-refractivity contribution < 1.29 is 0 Å². The summed E-state index contributed by atoms with van der Waals surface area (Å²) in [6.07, 6.45) is 8.22. The van der Waals surface area contributed by atoms with Gasteiger partial charge in [0.25, 0.3) is 0 Å². The minimum absolute atomic E-state index is 0. The second-order valence-corrected chi connectivity index (χ2v) is 1.71. The molecule has 1 heteroatoms. The lowest BCUT2D eigenvalue weighted by molar-refractivity contribution is 0.814. The Morgan fingerprint density at radius 2 is 2.00 bits per heavy atom. The normalized spacial score (nSPS) is 9.25. The highest BCUT2D eigenvalue weighted by molar-refractivity contribution is 5.85. The fourth-order valence-electron chi connectivity index (χ4n) is 0.489. The Labute approximate surface area is 58.4 Å². The van der Waals surface area contributed by atoms with Gasteiger partial charge < -0.3 is 0 Å². The van der Waals surface area contributed by atoms with Crippen molar-refractivity contribution >= 4 is 12.4 Å². The molecule has 8 heavy (non-hydrogen) atoms. The summed E-state index contributed by atoms with van der Waals surface area (Å²) in [5.41, 5.74) is 0. The predicted octanol–water partition coefficient (Wildman–Crippen LogP) is 3.17. The molecule has 0 unspecified atom stereocenters. The molecule has 0 radical (unpaired) electrons. The monoisotopic (exact) mass is 134 g/mol. The summed E-state index contributed by atoms with van der Waals surface area (Å²) in [4.78, 5) is 0. The Morgan fingerprint density at radius 1 is 1.38 bits per heavy atom. The zero-order valence-electron chi connectivity index (χ0n) is 5.68. The number of rotatable bonds is 3. The van der Waals surface area contributed by atoms with Gasteiger partial charge in [0.15, 0.2) is 0 Å². The van der Waals surface area contributed by atoms with Crippen LogP contribution in [0.3, 0.4) is 0 Å². The molecule has 0 aromatic carbocycles. The van der Waals surface area contributed by atoms with E-state index in [2.05, 4.69) is 26.0 Å². The largest absolute Gasteiger partial charge is 0.147 e. The van der Waals surface area contributed by atoms with Crippen LogP contribution in [-0.4, -0.2) is 0 Å². The van der Waals surface area contributed by atoms with E-state index < -0.39 is 0 Å². The molecule has 0 saturated carbocycles. The number of halogens is 1. The maximum absolute atomic E-state index is 2.21. The third kappa shape index (κ3) is 9.39. The molecule has 0 amide bonds.